The average Bonchev–Trinajstić information content (AvgIpc) is 2.13. The lowest BCUT2D eigenvalue weighted by molar-refractivity contribution is 0.648. The van der Waals surface area contributed by atoms with Crippen LogP contribution in [0.15, 0.2) is 4.47 Å². The summed E-state index contributed by atoms with van der Waals surface area (Å²) < 4.78 is 2.74. The Balaban J connectivity index is 2.98. The maximum Gasteiger partial charge on any atom is 0.102 e. The number of halogens is 1. The quantitative estimate of drug-likeness (QED) is 0.656. The molecular weight excluding hydrogens is 180 g/mol. The molecule has 0 spiro atoms. The summed E-state index contributed by atoms with van der Waals surface area (Å²) >= 11 is 3.32. The molecule has 0 saturated heterocycles. The molecule has 0 atom stereocenters. The molecule has 0 unspecified atom stereocenters. The first-order chi connectivity index (χ1) is 4.24. The summed E-state index contributed by atoms with van der Waals surface area (Å²) in [5.41, 5.74) is 0.997. The standard InChI is InChI=1S/C6H8BrN2/c1-3-9-4-6(7)5(2)8-9/h3H2,1-2H3. The maximum absolute atomic E-state index is 4.14. The lowest BCUT2D eigenvalue weighted by Gasteiger charge is -1.87. The molecule has 0 aromatic carbocycles. The third-order valence-electron chi connectivity index (χ3n) is 1.12. The van der Waals surface area contributed by atoms with Gasteiger partial charge in [-0.1, -0.05) is 0 Å². The van der Waals surface area contributed by atoms with Crippen molar-refractivity contribution in [2.75, 3.05) is 0 Å². The molecule has 9 heavy (non-hydrogen) atoms. The molecule has 1 aromatic heterocycles. The highest BCUT2D eigenvalue weighted by Gasteiger charge is 1.98. The second-order valence-corrected chi connectivity index (χ2v) is 2.62. The van der Waals surface area contributed by atoms with E-state index in [0.29, 0.717) is 0 Å². The maximum atomic E-state index is 4.14. The van der Waals surface area contributed by atoms with Crippen molar-refractivity contribution in [1.82, 2.24) is 9.78 Å². The monoisotopic (exact) mass is 187 g/mol. The van der Waals surface area contributed by atoms with E-state index in [1.54, 1.807) is 4.68 Å². The Morgan fingerprint density at radius 2 is 2.44 bits per heavy atom. The van der Waals surface area contributed by atoms with Crippen molar-refractivity contribution in [1.29, 1.82) is 0 Å². The Morgan fingerprint density at radius 1 is 1.78 bits per heavy atom. The molecule has 0 aliphatic carbocycles. The zero-order valence-corrected chi connectivity index (χ0v) is 7.07. The van der Waals surface area contributed by atoms with Gasteiger partial charge in [0.05, 0.1) is 10.2 Å². The summed E-state index contributed by atoms with van der Waals surface area (Å²) in [7, 11) is 0. The van der Waals surface area contributed by atoms with Crippen LogP contribution in [0.4, 0.5) is 0 Å². The Morgan fingerprint density at radius 3 is 2.67 bits per heavy atom. The number of rotatable bonds is 1. The topological polar surface area (TPSA) is 17.8 Å². The second kappa shape index (κ2) is 2.52. The molecule has 1 heterocycles. The van der Waals surface area contributed by atoms with Gasteiger partial charge < -0.3 is 0 Å². The minimum Gasteiger partial charge on any atom is -0.262 e. The van der Waals surface area contributed by atoms with Crippen LogP contribution in [-0.4, -0.2) is 9.78 Å². The molecule has 1 rings (SSSR count). The lowest BCUT2D eigenvalue weighted by atomic mass is 10.5. The highest BCUT2D eigenvalue weighted by Crippen LogP contribution is 2.11. The van der Waals surface area contributed by atoms with Crippen molar-refractivity contribution in [2.45, 2.75) is 20.4 Å². The van der Waals surface area contributed by atoms with Gasteiger partial charge in [-0.25, -0.2) is 0 Å². The Kier molecular flexibility index (Phi) is 1.90. The number of hydrogen-bond donors (Lipinski definition) is 0. The highest BCUT2D eigenvalue weighted by molar-refractivity contribution is 9.10. The van der Waals surface area contributed by atoms with Crippen molar-refractivity contribution in [3.05, 3.63) is 16.4 Å². The van der Waals surface area contributed by atoms with Crippen molar-refractivity contribution >= 4 is 15.9 Å². The summed E-state index contributed by atoms with van der Waals surface area (Å²) in [4.78, 5) is 0. The predicted molar refractivity (Wildman–Crippen MR) is 39.2 cm³/mol. The molecule has 0 bridgehead atoms. The van der Waals surface area contributed by atoms with Gasteiger partial charge in [-0.2, -0.15) is 5.10 Å². The van der Waals surface area contributed by atoms with Gasteiger partial charge in [0.15, 0.2) is 0 Å². The molecule has 3 heteroatoms. The molecule has 1 radical (unpaired) electrons. The largest absolute Gasteiger partial charge is 0.262 e. The third kappa shape index (κ3) is 1.33. The summed E-state index contributed by atoms with van der Waals surface area (Å²) in [6.07, 6.45) is 3.02. The molecule has 0 fully saturated rings. The van der Waals surface area contributed by atoms with Gasteiger partial charge in [-0.05, 0) is 29.8 Å². The molecule has 0 aliphatic heterocycles. The normalized spacial score (nSPS) is 10.1. The van der Waals surface area contributed by atoms with Gasteiger partial charge in [0.1, 0.15) is 6.20 Å². The fraction of sp³-hybridized carbons (Fsp3) is 0.500. The van der Waals surface area contributed by atoms with Gasteiger partial charge in [-0.3, -0.25) is 4.68 Å². The second-order valence-electron chi connectivity index (χ2n) is 1.83. The molecule has 49 valence electrons. The van der Waals surface area contributed by atoms with Crippen molar-refractivity contribution in [3.8, 4) is 0 Å². The van der Waals surface area contributed by atoms with Gasteiger partial charge in [0.2, 0.25) is 0 Å². The Hall–Kier alpha value is -0.310. The van der Waals surface area contributed by atoms with Gasteiger partial charge in [0.25, 0.3) is 0 Å². The molecule has 2 nitrogen and oxygen atoms in total. The average molecular weight is 188 g/mol. The minimum absolute atomic E-state index is 0.881. The van der Waals surface area contributed by atoms with E-state index >= 15 is 0 Å². The molecular formula is C6H8BrN2. The van der Waals surface area contributed by atoms with E-state index in [2.05, 4.69) is 27.2 Å². The molecule has 0 aliphatic rings. The van der Waals surface area contributed by atoms with Crippen LogP contribution in [0.2, 0.25) is 0 Å². The summed E-state index contributed by atoms with van der Waals surface area (Å²) in [6.45, 7) is 4.87. The van der Waals surface area contributed by atoms with Crippen LogP contribution in [-0.2, 0) is 6.54 Å². The Labute approximate surface area is 63.0 Å². The number of aryl methyl sites for hydroxylation is 2. The van der Waals surface area contributed by atoms with Crippen LogP contribution in [0.3, 0.4) is 0 Å². The first-order valence-electron chi connectivity index (χ1n) is 2.86. The van der Waals surface area contributed by atoms with E-state index in [9.17, 15) is 0 Å². The van der Waals surface area contributed by atoms with Crippen LogP contribution in [0.1, 0.15) is 12.6 Å². The van der Waals surface area contributed by atoms with E-state index in [1.165, 1.54) is 0 Å². The smallest absolute Gasteiger partial charge is 0.102 e. The predicted octanol–water partition coefficient (Wildman–Crippen LogP) is 1.77. The minimum atomic E-state index is 0.881. The van der Waals surface area contributed by atoms with E-state index < -0.39 is 0 Å². The SMILES string of the molecule is CCn1[c]c(Br)c(C)n1. The highest BCUT2D eigenvalue weighted by atomic mass is 79.9. The van der Waals surface area contributed by atoms with Crippen LogP contribution in [0, 0.1) is 13.1 Å². The van der Waals surface area contributed by atoms with Gasteiger partial charge >= 0.3 is 0 Å². The van der Waals surface area contributed by atoms with Crippen molar-refractivity contribution in [3.63, 3.8) is 0 Å². The van der Waals surface area contributed by atoms with Crippen LogP contribution in [0.5, 0.6) is 0 Å². The molecule has 0 amide bonds. The van der Waals surface area contributed by atoms with Crippen molar-refractivity contribution < 1.29 is 0 Å². The molecule has 1 aromatic rings. The van der Waals surface area contributed by atoms with Gasteiger partial charge in [0, 0.05) is 6.54 Å². The van der Waals surface area contributed by atoms with E-state index in [1.807, 2.05) is 13.8 Å². The van der Waals surface area contributed by atoms with Crippen LogP contribution >= 0.6 is 15.9 Å². The van der Waals surface area contributed by atoms with Crippen LogP contribution < -0.4 is 0 Å². The summed E-state index contributed by atoms with van der Waals surface area (Å²) in [6, 6.07) is 0. The van der Waals surface area contributed by atoms with Gasteiger partial charge in [-0.15, -0.1) is 0 Å². The number of hydrogen-bond acceptors (Lipinski definition) is 1. The first-order valence-corrected chi connectivity index (χ1v) is 3.65. The van der Waals surface area contributed by atoms with E-state index in [4.69, 9.17) is 0 Å². The summed E-state index contributed by atoms with van der Waals surface area (Å²) in [5, 5.41) is 4.14. The fourth-order valence-corrected chi connectivity index (χ4v) is 0.878. The first kappa shape index (κ1) is 6.81. The number of nitrogens with zero attached hydrogens (tertiary/aromatic N) is 2. The zero-order valence-electron chi connectivity index (χ0n) is 5.48. The molecule has 0 saturated carbocycles. The third-order valence-corrected chi connectivity index (χ3v) is 1.87. The van der Waals surface area contributed by atoms with Crippen LogP contribution in [0.25, 0.3) is 0 Å². The summed E-state index contributed by atoms with van der Waals surface area (Å²) in [5.74, 6) is 0. The van der Waals surface area contributed by atoms with E-state index in [0.717, 1.165) is 16.7 Å². The zero-order chi connectivity index (χ0) is 6.85. The molecule has 0 N–H and O–H groups in total. The van der Waals surface area contributed by atoms with E-state index in [-0.39, 0.29) is 0 Å². The fourth-order valence-electron chi connectivity index (χ4n) is 0.594. The van der Waals surface area contributed by atoms with Crippen molar-refractivity contribution in [2.24, 2.45) is 0 Å². The lowest BCUT2D eigenvalue weighted by Crippen LogP contribution is -1.93. The Bertz CT molecular complexity index is 185. The number of aromatic nitrogens is 2.